The van der Waals surface area contributed by atoms with E-state index in [9.17, 15) is 4.39 Å². The molecule has 0 saturated heterocycles. The van der Waals surface area contributed by atoms with Gasteiger partial charge in [-0.15, -0.1) is 0 Å². The molecule has 0 amide bonds. The molecule has 1 aromatic carbocycles. The fourth-order valence-electron chi connectivity index (χ4n) is 0.838. The summed E-state index contributed by atoms with van der Waals surface area (Å²) in [5.74, 6) is 0. The standard InChI is InChI=1S/C8H9BrFN/c9-7-3-1-2-6(4-7)8(10)5-11/h1-4,8H,5,11H2. The average molecular weight is 218 g/mol. The van der Waals surface area contributed by atoms with Crippen LogP contribution in [0.4, 0.5) is 4.39 Å². The van der Waals surface area contributed by atoms with Crippen LogP contribution in [-0.2, 0) is 0 Å². The van der Waals surface area contributed by atoms with E-state index in [1.807, 2.05) is 6.07 Å². The second kappa shape index (κ2) is 3.83. The molecule has 1 nitrogen and oxygen atoms in total. The highest BCUT2D eigenvalue weighted by atomic mass is 79.9. The first-order chi connectivity index (χ1) is 5.24. The molecule has 0 aliphatic carbocycles. The van der Waals surface area contributed by atoms with Crippen LogP contribution >= 0.6 is 15.9 Å². The number of benzene rings is 1. The summed E-state index contributed by atoms with van der Waals surface area (Å²) in [5.41, 5.74) is 5.79. The predicted octanol–water partition coefficient (Wildman–Crippen LogP) is 2.42. The summed E-state index contributed by atoms with van der Waals surface area (Å²) in [6.45, 7) is 0.0381. The number of halogens is 2. The van der Waals surface area contributed by atoms with Crippen LogP contribution < -0.4 is 5.73 Å². The van der Waals surface area contributed by atoms with Gasteiger partial charge in [-0.05, 0) is 17.7 Å². The Hall–Kier alpha value is -0.410. The Bertz CT molecular complexity index is 239. The van der Waals surface area contributed by atoms with E-state index in [0.717, 1.165) is 4.47 Å². The zero-order valence-electron chi connectivity index (χ0n) is 5.93. The molecule has 0 aromatic heterocycles. The fraction of sp³-hybridized carbons (Fsp3) is 0.250. The predicted molar refractivity (Wildman–Crippen MR) is 47.0 cm³/mol. The molecule has 2 N–H and O–H groups in total. The van der Waals surface area contributed by atoms with E-state index < -0.39 is 6.17 Å². The quantitative estimate of drug-likeness (QED) is 0.810. The molecule has 0 saturated carbocycles. The molecule has 1 rings (SSSR count). The maximum atomic E-state index is 12.9. The topological polar surface area (TPSA) is 26.0 Å². The van der Waals surface area contributed by atoms with Crippen molar-refractivity contribution < 1.29 is 4.39 Å². The van der Waals surface area contributed by atoms with Crippen LogP contribution in [0, 0.1) is 0 Å². The van der Waals surface area contributed by atoms with E-state index in [0.29, 0.717) is 5.56 Å². The van der Waals surface area contributed by atoms with Crippen molar-refractivity contribution in [1.29, 1.82) is 0 Å². The zero-order valence-corrected chi connectivity index (χ0v) is 7.51. The lowest BCUT2D eigenvalue weighted by Crippen LogP contribution is -2.07. The lowest BCUT2D eigenvalue weighted by molar-refractivity contribution is 0.353. The first-order valence-corrected chi connectivity index (χ1v) is 4.13. The highest BCUT2D eigenvalue weighted by molar-refractivity contribution is 9.10. The molecule has 1 aromatic rings. The monoisotopic (exact) mass is 217 g/mol. The molecule has 60 valence electrons. The van der Waals surface area contributed by atoms with Crippen LogP contribution in [-0.4, -0.2) is 6.54 Å². The summed E-state index contributed by atoms with van der Waals surface area (Å²) in [4.78, 5) is 0. The van der Waals surface area contributed by atoms with E-state index in [1.54, 1.807) is 18.2 Å². The lowest BCUT2D eigenvalue weighted by Gasteiger charge is -2.04. The second-order valence-corrected chi connectivity index (χ2v) is 3.17. The van der Waals surface area contributed by atoms with Gasteiger partial charge in [0, 0.05) is 11.0 Å². The lowest BCUT2D eigenvalue weighted by atomic mass is 10.1. The molecule has 3 heteroatoms. The summed E-state index contributed by atoms with van der Waals surface area (Å²) in [7, 11) is 0. The van der Waals surface area contributed by atoms with Gasteiger partial charge in [-0.25, -0.2) is 4.39 Å². The number of hydrogen-bond acceptors (Lipinski definition) is 1. The molecule has 0 heterocycles. The minimum absolute atomic E-state index is 0.0381. The first kappa shape index (κ1) is 8.68. The van der Waals surface area contributed by atoms with Crippen molar-refractivity contribution in [3.63, 3.8) is 0 Å². The van der Waals surface area contributed by atoms with Crippen molar-refractivity contribution >= 4 is 15.9 Å². The minimum Gasteiger partial charge on any atom is -0.327 e. The number of alkyl halides is 1. The Morgan fingerprint density at radius 3 is 2.82 bits per heavy atom. The van der Waals surface area contributed by atoms with E-state index in [-0.39, 0.29) is 6.54 Å². The van der Waals surface area contributed by atoms with Crippen LogP contribution in [0.1, 0.15) is 11.7 Å². The Morgan fingerprint density at radius 1 is 1.55 bits per heavy atom. The van der Waals surface area contributed by atoms with Crippen molar-refractivity contribution in [2.24, 2.45) is 5.73 Å². The first-order valence-electron chi connectivity index (χ1n) is 3.33. The smallest absolute Gasteiger partial charge is 0.137 e. The summed E-state index contributed by atoms with van der Waals surface area (Å²) >= 11 is 3.25. The molecule has 1 atom stereocenters. The highest BCUT2D eigenvalue weighted by Crippen LogP contribution is 2.19. The van der Waals surface area contributed by atoms with Gasteiger partial charge in [0.05, 0.1) is 0 Å². The van der Waals surface area contributed by atoms with Gasteiger partial charge in [0.15, 0.2) is 0 Å². The van der Waals surface area contributed by atoms with E-state index in [1.165, 1.54) is 0 Å². The van der Waals surface area contributed by atoms with Crippen LogP contribution in [0.25, 0.3) is 0 Å². The molecule has 1 unspecified atom stereocenters. The third kappa shape index (κ3) is 2.27. The number of nitrogens with two attached hydrogens (primary N) is 1. The third-order valence-electron chi connectivity index (χ3n) is 1.42. The molecule has 11 heavy (non-hydrogen) atoms. The van der Waals surface area contributed by atoms with Gasteiger partial charge in [0.2, 0.25) is 0 Å². The maximum Gasteiger partial charge on any atom is 0.137 e. The molecule has 0 fully saturated rings. The maximum absolute atomic E-state index is 12.9. The van der Waals surface area contributed by atoms with Crippen LogP contribution in [0.2, 0.25) is 0 Å². The Kier molecular flexibility index (Phi) is 3.02. The molecular formula is C8H9BrFN. The van der Waals surface area contributed by atoms with E-state index in [2.05, 4.69) is 15.9 Å². The van der Waals surface area contributed by atoms with Gasteiger partial charge >= 0.3 is 0 Å². The van der Waals surface area contributed by atoms with Gasteiger partial charge in [-0.3, -0.25) is 0 Å². The summed E-state index contributed by atoms with van der Waals surface area (Å²) < 4.78 is 13.8. The van der Waals surface area contributed by atoms with E-state index in [4.69, 9.17) is 5.73 Å². The zero-order chi connectivity index (χ0) is 8.27. The highest BCUT2D eigenvalue weighted by Gasteiger charge is 2.05. The average Bonchev–Trinajstić information content (AvgIpc) is 2.03. The van der Waals surface area contributed by atoms with Crippen LogP contribution in [0.5, 0.6) is 0 Å². The second-order valence-electron chi connectivity index (χ2n) is 2.26. The normalized spacial score (nSPS) is 13.0. The van der Waals surface area contributed by atoms with E-state index >= 15 is 0 Å². The summed E-state index contributed by atoms with van der Waals surface area (Å²) in [6, 6.07) is 7.11. The van der Waals surface area contributed by atoms with Gasteiger partial charge in [-0.2, -0.15) is 0 Å². The SMILES string of the molecule is NCC(F)c1cccc(Br)c1. The molecule has 0 spiro atoms. The molecule has 0 aliphatic rings. The molecule has 0 bridgehead atoms. The Labute approximate surface area is 73.5 Å². The molecule has 0 aliphatic heterocycles. The van der Waals surface area contributed by atoms with Crippen molar-refractivity contribution in [1.82, 2.24) is 0 Å². The molecule has 0 radical (unpaired) electrons. The van der Waals surface area contributed by atoms with Crippen LogP contribution in [0.3, 0.4) is 0 Å². The summed E-state index contributed by atoms with van der Waals surface area (Å²) in [6.07, 6.45) is -1.05. The Morgan fingerprint density at radius 2 is 2.27 bits per heavy atom. The number of rotatable bonds is 2. The van der Waals surface area contributed by atoms with Crippen molar-refractivity contribution in [2.45, 2.75) is 6.17 Å². The molecular weight excluding hydrogens is 209 g/mol. The summed E-state index contributed by atoms with van der Waals surface area (Å²) in [5, 5.41) is 0. The van der Waals surface area contributed by atoms with Crippen LogP contribution in [0.15, 0.2) is 28.7 Å². The van der Waals surface area contributed by atoms with Gasteiger partial charge in [-0.1, -0.05) is 28.1 Å². The minimum atomic E-state index is -1.05. The number of hydrogen-bond donors (Lipinski definition) is 1. The van der Waals surface area contributed by atoms with Gasteiger partial charge < -0.3 is 5.73 Å². The van der Waals surface area contributed by atoms with Crippen molar-refractivity contribution in [3.8, 4) is 0 Å². The van der Waals surface area contributed by atoms with Gasteiger partial charge in [0.1, 0.15) is 6.17 Å². The Balaban J connectivity index is 2.86. The van der Waals surface area contributed by atoms with Crippen molar-refractivity contribution in [3.05, 3.63) is 34.3 Å². The third-order valence-corrected chi connectivity index (χ3v) is 1.91. The fourth-order valence-corrected chi connectivity index (χ4v) is 1.25. The van der Waals surface area contributed by atoms with Gasteiger partial charge in [0.25, 0.3) is 0 Å². The largest absolute Gasteiger partial charge is 0.327 e. The van der Waals surface area contributed by atoms with Crippen molar-refractivity contribution in [2.75, 3.05) is 6.54 Å².